The van der Waals surface area contributed by atoms with Crippen LogP contribution in [0.1, 0.15) is 0 Å². The van der Waals surface area contributed by atoms with Crippen LogP contribution in [0, 0.1) is 6.07 Å². The number of benzene rings is 1. The SMILES string of the molecule is Brc1[c-]cccc1.[Li+]. The summed E-state index contributed by atoms with van der Waals surface area (Å²) in [5.74, 6) is 0. The third-order valence-electron chi connectivity index (χ3n) is 0.671. The molecule has 0 nitrogen and oxygen atoms in total. The van der Waals surface area contributed by atoms with E-state index < -0.39 is 0 Å². The molecule has 0 bridgehead atoms. The Morgan fingerprint density at radius 1 is 1.38 bits per heavy atom. The van der Waals surface area contributed by atoms with E-state index in [1.807, 2.05) is 24.3 Å². The van der Waals surface area contributed by atoms with Gasteiger partial charge in [0.05, 0.1) is 0 Å². The van der Waals surface area contributed by atoms with Gasteiger partial charge in [0.1, 0.15) is 0 Å². The first-order chi connectivity index (χ1) is 3.39. The van der Waals surface area contributed by atoms with Crippen molar-refractivity contribution in [3.05, 3.63) is 34.8 Å². The second-order valence-electron chi connectivity index (χ2n) is 1.21. The molecule has 0 radical (unpaired) electrons. The summed E-state index contributed by atoms with van der Waals surface area (Å²) in [6.45, 7) is 0. The van der Waals surface area contributed by atoms with Crippen molar-refractivity contribution in [2.45, 2.75) is 0 Å². The van der Waals surface area contributed by atoms with Crippen molar-refractivity contribution in [1.82, 2.24) is 0 Å². The summed E-state index contributed by atoms with van der Waals surface area (Å²) in [6, 6.07) is 10.7. The minimum Gasteiger partial charge on any atom is -0.176 e. The average Bonchev–Trinajstić information content (AvgIpc) is 1.69. The van der Waals surface area contributed by atoms with Crippen LogP contribution in [0.3, 0.4) is 0 Å². The van der Waals surface area contributed by atoms with Crippen LogP contribution in [0.25, 0.3) is 0 Å². The molecule has 0 unspecified atom stereocenters. The van der Waals surface area contributed by atoms with Gasteiger partial charge in [-0.05, 0) is 0 Å². The summed E-state index contributed by atoms with van der Waals surface area (Å²) in [5, 5.41) is 0. The van der Waals surface area contributed by atoms with Gasteiger partial charge in [-0.2, -0.15) is 30.3 Å². The fourth-order valence-electron chi connectivity index (χ4n) is 0.371. The van der Waals surface area contributed by atoms with E-state index >= 15 is 0 Å². The molecule has 1 aromatic carbocycles. The van der Waals surface area contributed by atoms with E-state index in [0.29, 0.717) is 0 Å². The third kappa shape index (κ3) is 2.57. The van der Waals surface area contributed by atoms with Crippen LogP contribution < -0.4 is 18.9 Å². The fraction of sp³-hybridized carbons (Fsp3) is 0. The van der Waals surface area contributed by atoms with E-state index in [1.165, 1.54) is 0 Å². The smallest absolute Gasteiger partial charge is 0.176 e. The predicted octanol–water partition coefficient (Wildman–Crippen LogP) is -0.747. The fourth-order valence-corrected chi connectivity index (χ4v) is 0.656. The molecule has 36 valence electrons. The zero-order valence-corrected chi connectivity index (χ0v) is 6.27. The van der Waals surface area contributed by atoms with Crippen LogP contribution in [-0.2, 0) is 0 Å². The summed E-state index contributed by atoms with van der Waals surface area (Å²) in [7, 11) is 0. The summed E-state index contributed by atoms with van der Waals surface area (Å²) in [5.41, 5.74) is 0. The second-order valence-corrected chi connectivity index (χ2v) is 2.06. The van der Waals surface area contributed by atoms with E-state index in [2.05, 4.69) is 22.0 Å². The monoisotopic (exact) mass is 162 g/mol. The summed E-state index contributed by atoms with van der Waals surface area (Å²) >= 11 is 3.26. The molecule has 0 amide bonds. The van der Waals surface area contributed by atoms with Gasteiger partial charge >= 0.3 is 18.9 Å². The minimum absolute atomic E-state index is 0. The summed E-state index contributed by atoms with van der Waals surface area (Å²) < 4.78 is 1.01. The molecule has 1 aromatic rings. The Labute approximate surface area is 69.6 Å². The van der Waals surface area contributed by atoms with Crippen molar-refractivity contribution in [3.63, 3.8) is 0 Å². The van der Waals surface area contributed by atoms with Gasteiger partial charge in [0, 0.05) is 0 Å². The van der Waals surface area contributed by atoms with Crippen LogP contribution in [0.15, 0.2) is 28.7 Å². The number of hydrogen-bond acceptors (Lipinski definition) is 0. The molecule has 8 heavy (non-hydrogen) atoms. The molecule has 0 aromatic heterocycles. The van der Waals surface area contributed by atoms with E-state index in [1.54, 1.807) is 0 Å². The first-order valence-corrected chi connectivity index (χ1v) is 2.81. The molecule has 0 aliphatic rings. The molecule has 0 saturated carbocycles. The normalized spacial score (nSPS) is 7.62. The van der Waals surface area contributed by atoms with Gasteiger partial charge in [-0.1, -0.05) is 20.4 Å². The topological polar surface area (TPSA) is 0 Å². The quantitative estimate of drug-likeness (QED) is 0.348. The van der Waals surface area contributed by atoms with Crippen molar-refractivity contribution in [1.29, 1.82) is 0 Å². The van der Waals surface area contributed by atoms with E-state index in [4.69, 9.17) is 0 Å². The molecule has 0 heterocycles. The molecular formula is C6H4BrLi. The summed E-state index contributed by atoms with van der Waals surface area (Å²) in [4.78, 5) is 0. The van der Waals surface area contributed by atoms with Gasteiger partial charge in [0.15, 0.2) is 0 Å². The van der Waals surface area contributed by atoms with Crippen LogP contribution >= 0.6 is 15.9 Å². The zero-order valence-electron chi connectivity index (χ0n) is 4.69. The van der Waals surface area contributed by atoms with Crippen molar-refractivity contribution >= 4 is 15.9 Å². The molecule has 0 aliphatic carbocycles. The Balaban J connectivity index is 0.000000490. The van der Waals surface area contributed by atoms with Gasteiger partial charge in [0.2, 0.25) is 0 Å². The van der Waals surface area contributed by atoms with Gasteiger partial charge in [-0.15, -0.1) is 0 Å². The molecule has 0 aliphatic heterocycles. The van der Waals surface area contributed by atoms with Gasteiger partial charge < -0.3 is 0 Å². The van der Waals surface area contributed by atoms with Crippen LogP contribution in [0.4, 0.5) is 0 Å². The van der Waals surface area contributed by atoms with E-state index in [9.17, 15) is 0 Å². The van der Waals surface area contributed by atoms with E-state index in [0.717, 1.165) is 4.47 Å². The molecule has 0 spiro atoms. The Bertz CT molecular complexity index is 138. The van der Waals surface area contributed by atoms with Gasteiger partial charge in [0.25, 0.3) is 0 Å². The first-order valence-electron chi connectivity index (χ1n) is 2.02. The maximum Gasteiger partial charge on any atom is 1.00 e. The van der Waals surface area contributed by atoms with Gasteiger partial charge in [-0.3, -0.25) is 0 Å². The minimum atomic E-state index is 0. The van der Waals surface area contributed by atoms with Crippen LogP contribution in [-0.4, -0.2) is 0 Å². The first kappa shape index (κ1) is 8.30. The second kappa shape index (κ2) is 4.20. The Morgan fingerprint density at radius 2 is 2.12 bits per heavy atom. The molecule has 0 fully saturated rings. The molecule has 2 heteroatoms. The molecular weight excluding hydrogens is 159 g/mol. The van der Waals surface area contributed by atoms with Crippen molar-refractivity contribution < 1.29 is 18.9 Å². The Morgan fingerprint density at radius 3 is 2.38 bits per heavy atom. The summed E-state index contributed by atoms with van der Waals surface area (Å²) in [6.07, 6.45) is 0. The van der Waals surface area contributed by atoms with Crippen LogP contribution in [0.2, 0.25) is 0 Å². The van der Waals surface area contributed by atoms with Crippen molar-refractivity contribution in [2.24, 2.45) is 0 Å². The molecule has 1 rings (SSSR count). The Hall–Kier alpha value is 0.297. The maximum atomic E-state index is 3.26. The van der Waals surface area contributed by atoms with Gasteiger partial charge in [-0.25, -0.2) is 0 Å². The standard InChI is InChI=1S/C6H4Br.Li/c7-6-4-2-1-3-5-6;/h1-4H;/q-1;+1. The predicted molar refractivity (Wildman–Crippen MR) is 33.0 cm³/mol. The number of rotatable bonds is 0. The van der Waals surface area contributed by atoms with Crippen molar-refractivity contribution in [2.75, 3.05) is 0 Å². The molecule has 0 saturated heterocycles. The number of halogens is 1. The Kier molecular flexibility index (Phi) is 4.36. The number of hydrogen-bond donors (Lipinski definition) is 0. The zero-order chi connectivity index (χ0) is 5.11. The average molecular weight is 163 g/mol. The molecule has 0 atom stereocenters. The largest absolute Gasteiger partial charge is 1.00 e. The van der Waals surface area contributed by atoms with E-state index in [-0.39, 0.29) is 18.9 Å². The van der Waals surface area contributed by atoms with Crippen LogP contribution in [0.5, 0.6) is 0 Å². The van der Waals surface area contributed by atoms with Crippen molar-refractivity contribution in [3.8, 4) is 0 Å². The third-order valence-corrected chi connectivity index (χ3v) is 1.16. The maximum absolute atomic E-state index is 3.26. The molecule has 0 N–H and O–H groups in total.